The normalized spacial score (nSPS) is 12.0. The fourth-order valence-corrected chi connectivity index (χ4v) is 2.03. The first-order chi connectivity index (χ1) is 8.49. The van der Waals surface area contributed by atoms with Crippen molar-refractivity contribution in [2.45, 2.75) is 20.3 Å². The Morgan fingerprint density at radius 1 is 1.50 bits per heavy atom. The Morgan fingerprint density at radius 3 is 2.67 bits per heavy atom. The quantitative estimate of drug-likeness (QED) is 0.804. The highest BCUT2D eigenvalue weighted by atomic mass is 32.1. The Labute approximate surface area is 115 Å². The molecule has 1 aromatic carbocycles. The molecule has 100 valence electrons. The van der Waals surface area contributed by atoms with Crippen LogP contribution in [0.15, 0.2) is 18.2 Å². The molecule has 4 heteroatoms. The van der Waals surface area contributed by atoms with Crippen LogP contribution in [-0.4, -0.2) is 25.7 Å². The molecular weight excluding hydrogens is 244 g/mol. The molecule has 1 aromatic rings. The Hall–Kier alpha value is -1.29. The van der Waals surface area contributed by atoms with Gasteiger partial charge in [-0.05, 0) is 18.1 Å². The Morgan fingerprint density at radius 2 is 2.17 bits per heavy atom. The lowest BCUT2D eigenvalue weighted by Gasteiger charge is -2.25. The van der Waals surface area contributed by atoms with Crippen LogP contribution in [0.4, 0.5) is 5.69 Å². The summed E-state index contributed by atoms with van der Waals surface area (Å²) in [5.41, 5.74) is 7.70. The van der Waals surface area contributed by atoms with Gasteiger partial charge >= 0.3 is 0 Å². The highest BCUT2D eigenvalue weighted by molar-refractivity contribution is 7.80. The molecule has 0 aliphatic heterocycles. The van der Waals surface area contributed by atoms with E-state index in [0.717, 1.165) is 30.0 Å². The van der Waals surface area contributed by atoms with Gasteiger partial charge in [0, 0.05) is 25.2 Å². The number of thiocarbonyl (C=S) groups is 1. The number of methoxy groups -OCH3 is 1. The van der Waals surface area contributed by atoms with E-state index in [9.17, 15) is 0 Å². The largest absolute Gasteiger partial charge is 0.497 e. The van der Waals surface area contributed by atoms with Gasteiger partial charge in [0.1, 0.15) is 10.7 Å². The second-order valence-electron chi connectivity index (χ2n) is 4.64. The van der Waals surface area contributed by atoms with Gasteiger partial charge in [0.05, 0.1) is 12.8 Å². The Balaban J connectivity index is 3.06. The lowest BCUT2D eigenvalue weighted by molar-refractivity contribution is 0.414. The van der Waals surface area contributed by atoms with E-state index >= 15 is 0 Å². The van der Waals surface area contributed by atoms with Crippen LogP contribution < -0.4 is 15.4 Å². The van der Waals surface area contributed by atoms with Crippen LogP contribution in [0.3, 0.4) is 0 Å². The minimum atomic E-state index is 0.420. The van der Waals surface area contributed by atoms with Crippen molar-refractivity contribution in [1.29, 1.82) is 0 Å². The third-order valence-corrected chi connectivity index (χ3v) is 3.38. The summed E-state index contributed by atoms with van der Waals surface area (Å²) in [4.78, 5) is 2.61. The number of ether oxygens (including phenoxy) is 1. The number of rotatable bonds is 6. The van der Waals surface area contributed by atoms with Gasteiger partial charge in [0.25, 0.3) is 0 Å². The number of hydrogen-bond acceptors (Lipinski definition) is 3. The molecule has 0 saturated carbocycles. The van der Waals surface area contributed by atoms with E-state index in [1.165, 1.54) is 0 Å². The van der Waals surface area contributed by atoms with Crippen molar-refractivity contribution in [3.63, 3.8) is 0 Å². The zero-order chi connectivity index (χ0) is 13.7. The third-order valence-electron chi connectivity index (χ3n) is 3.16. The van der Waals surface area contributed by atoms with E-state index in [1.807, 2.05) is 18.2 Å². The Bertz CT molecular complexity index is 420. The topological polar surface area (TPSA) is 38.5 Å². The molecular formula is C14H22N2OS. The van der Waals surface area contributed by atoms with Gasteiger partial charge in [0.2, 0.25) is 0 Å². The molecule has 0 bridgehead atoms. The van der Waals surface area contributed by atoms with Gasteiger partial charge in [-0.25, -0.2) is 0 Å². The second kappa shape index (κ2) is 6.59. The molecule has 0 amide bonds. The SMILES string of the molecule is CCC(C)CN(C)c1cc(OC)ccc1C(N)=S. The molecule has 1 unspecified atom stereocenters. The summed E-state index contributed by atoms with van der Waals surface area (Å²) < 4.78 is 5.26. The van der Waals surface area contributed by atoms with Gasteiger partial charge in [-0.1, -0.05) is 32.5 Å². The molecule has 0 spiro atoms. The van der Waals surface area contributed by atoms with Crippen LogP contribution in [0, 0.1) is 5.92 Å². The van der Waals surface area contributed by atoms with E-state index < -0.39 is 0 Å². The molecule has 0 heterocycles. The van der Waals surface area contributed by atoms with Crippen LogP contribution in [0.2, 0.25) is 0 Å². The average Bonchev–Trinajstić information content (AvgIpc) is 2.37. The first kappa shape index (κ1) is 14.8. The summed E-state index contributed by atoms with van der Waals surface area (Å²) in [6.07, 6.45) is 1.15. The minimum Gasteiger partial charge on any atom is -0.497 e. The number of nitrogens with zero attached hydrogens (tertiary/aromatic N) is 1. The molecule has 2 N–H and O–H groups in total. The van der Waals surface area contributed by atoms with Crippen LogP contribution in [0.25, 0.3) is 0 Å². The van der Waals surface area contributed by atoms with Crippen LogP contribution in [0.5, 0.6) is 5.75 Å². The van der Waals surface area contributed by atoms with Crippen molar-refractivity contribution in [3.05, 3.63) is 23.8 Å². The second-order valence-corrected chi connectivity index (χ2v) is 5.08. The first-order valence-corrected chi connectivity index (χ1v) is 6.59. The number of benzene rings is 1. The van der Waals surface area contributed by atoms with Crippen LogP contribution in [-0.2, 0) is 0 Å². The van der Waals surface area contributed by atoms with E-state index in [0.29, 0.717) is 10.9 Å². The molecule has 0 saturated heterocycles. The minimum absolute atomic E-state index is 0.420. The van der Waals surface area contributed by atoms with Crippen LogP contribution >= 0.6 is 12.2 Å². The van der Waals surface area contributed by atoms with Gasteiger partial charge in [0.15, 0.2) is 0 Å². The van der Waals surface area contributed by atoms with Gasteiger partial charge in [-0.3, -0.25) is 0 Å². The maximum Gasteiger partial charge on any atom is 0.120 e. The van der Waals surface area contributed by atoms with Crippen molar-refractivity contribution in [2.75, 3.05) is 25.6 Å². The number of nitrogens with two attached hydrogens (primary N) is 1. The fraction of sp³-hybridized carbons (Fsp3) is 0.500. The summed E-state index contributed by atoms with van der Waals surface area (Å²) in [5, 5.41) is 0. The fourth-order valence-electron chi connectivity index (χ4n) is 1.86. The maximum atomic E-state index is 5.77. The van der Waals surface area contributed by atoms with Gasteiger partial charge in [-0.15, -0.1) is 0 Å². The van der Waals surface area contributed by atoms with E-state index in [4.69, 9.17) is 22.7 Å². The molecule has 0 aliphatic carbocycles. The molecule has 18 heavy (non-hydrogen) atoms. The summed E-state index contributed by atoms with van der Waals surface area (Å²) in [6, 6.07) is 5.79. The Kier molecular flexibility index (Phi) is 5.41. The van der Waals surface area contributed by atoms with E-state index in [2.05, 4.69) is 25.8 Å². The van der Waals surface area contributed by atoms with E-state index in [-0.39, 0.29) is 0 Å². The van der Waals surface area contributed by atoms with Gasteiger partial charge < -0.3 is 15.4 Å². The molecule has 3 nitrogen and oxygen atoms in total. The average molecular weight is 266 g/mol. The van der Waals surface area contributed by atoms with Crippen molar-refractivity contribution in [3.8, 4) is 5.75 Å². The maximum absolute atomic E-state index is 5.77. The molecule has 0 radical (unpaired) electrons. The predicted molar refractivity (Wildman–Crippen MR) is 81.6 cm³/mol. The van der Waals surface area contributed by atoms with Crippen LogP contribution in [0.1, 0.15) is 25.8 Å². The van der Waals surface area contributed by atoms with Crippen molar-refractivity contribution < 1.29 is 4.74 Å². The molecule has 1 rings (SSSR count). The zero-order valence-corrected chi connectivity index (χ0v) is 12.4. The first-order valence-electron chi connectivity index (χ1n) is 6.18. The van der Waals surface area contributed by atoms with Crippen molar-refractivity contribution in [1.82, 2.24) is 0 Å². The zero-order valence-electron chi connectivity index (χ0n) is 11.6. The van der Waals surface area contributed by atoms with E-state index in [1.54, 1.807) is 7.11 Å². The van der Waals surface area contributed by atoms with Gasteiger partial charge in [-0.2, -0.15) is 0 Å². The predicted octanol–water partition coefficient (Wildman–Crippen LogP) is 2.81. The third kappa shape index (κ3) is 3.60. The lowest BCUT2D eigenvalue weighted by Crippen LogP contribution is -2.26. The number of hydrogen-bond donors (Lipinski definition) is 1. The molecule has 0 fully saturated rings. The monoisotopic (exact) mass is 266 g/mol. The highest BCUT2D eigenvalue weighted by Gasteiger charge is 2.13. The summed E-state index contributed by atoms with van der Waals surface area (Å²) >= 11 is 5.10. The lowest BCUT2D eigenvalue weighted by atomic mass is 10.1. The molecule has 1 atom stereocenters. The molecule has 0 aromatic heterocycles. The van der Waals surface area contributed by atoms with Crippen molar-refractivity contribution >= 4 is 22.9 Å². The smallest absolute Gasteiger partial charge is 0.120 e. The highest BCUT2D eigenvalue weighted by Crippen LogP contribution is 2.26. The molecule has 0 aliphatic rings. The summed E-state index contributed by atoms with van der Waals surface area (Å²) in [7, 11) is 3.72. The standard InChI is InChI=1S/C14H22N2OS/c1-5-10(2)9-16(3)13-8-11(17-4)6-7-12(13)14(15)18/h6-8,10H,5,9H2,1-4H3,(H2,15,18). The number of anilines is 1. The van der Waals surface area contributed by atoms with Crippen molar-refractivity contribution in [2.24, 2.45) is 11.7 Å². The summed E-state index contributed by atoms with van der Waals surface area (Å²) in [6.45, 7) is 5.40. The summed E-state index contributed by atoms with van der Waals surface area (Å²) in [5.74, 6) is 1.45.